The molecule has 2 fully saturated rings. The topological polar surface area (TPSA) is 69.6 Å². The number of hydrogen-bond donors (Lipinski definition) is 2. The molecule has 0 aromatic heterocycles. The number of nitrogens with zero attached hydrogens (tertiary/aromatic N) is 1. The highest BCUT2D eigenvalue weighted by molar-refractivity contribution is 7.99. The molecule has 0 bridgehead atoms. The van der Waals surface area contributed by atoms with Crippen LogP contribution >= 0.6 is 11.8 Å². The Morgan fingerprint density at radius 2 is 2.05 bits per heavy atom. The molecule has 2 N–H and O–H groups in total. The van der Waals surface area contributed by atoms with Crippen LogP contribution in [0.1, 0.15) is 45.4 Å². The molecule has 0 aromatic carbocycles. The van der Waals surface area contributed by atoms with Gasteiger partial charge < -0.3 is 15.3 Å². The molecule has 2 saturated carbocycles. The van der Waals surface area contributed by atoms with Gasteiger partial charge in [-0.1, -0.05) is 6.92 Å². The third kappa shape index (κ3) is 4.58. The van der Waals surface area contributed by atoms with Gasteiger partial charge in [0.25, 0.3) is 0 Å². The van der Waals surface area contributed by atoms with Crippen molar-refractivity contribution in [1.82, 2.24) is 10.2 Å². The van der Waals surface area contributed by atoms with Crippen molar-refractivity contribution in [1.29, 1.82) is 0 Å². The molecule has 0 spiro atoms. The van der Waals surface area contributed by atoms with Crippen LogP contribution in [0.5, 0.6) is 0 Å². The van der Waals surface area contributed by atoms with Gasteiger partial charge >= 0.3 is 12.0 Å². The summed E-state index contributed by atoms with van der Waals surface area (Å²) in [6, 6.07) is 0.454. The zero-order valence-electron chi connectivity index (χ0n) is 12.0. The summed E-state index contributed by atoms with van der Waals surface area (Å²) in [5.74, 6) is 0.279. The number of carbonyl (C=O) groups is 2. The average molecular weight is 300 g/mol. The molecule has 2 atom stereocenters. The zero-order chi connectivity index (χ0) is 14.5. The van der Waals surface area contributed by atoms with Crippen LogP contribution < -0.4 is 5.32 Å². The Bertz CT molecular complexity index is 360. The van der Waals surface area contributed by atoms with Crippen molar-refractivity contribution in [2.24, 2.45) is 0 Å². The van der Waals surface area contributed by atoms with Gasteiger partial charge in [0.15, 0.2) is 0 Å². The molecule has 2 amide bonds. The molecule has 114 valence electrons. The maximum absolute atomic E-state index is 12.3. The molecule has 0 aliphatic heterocycles. The fourth-order valence-electron chi connectivity index (χ4n) is 2.77. The van der Waals surface area contributed by atoms with Gasteiger partial charge in [0.1, 0.15) is 0 Å². The minimum Gasteiger partial charge on any atom is -0.481 e. The molecule has 2 aliphatic carbocycles. The second-order valence-corrected chi connectivity index (χ2v) is 7.18. The van der Waals surface area contributed by atoms with E-state index in [1.54, 1.807) is 4.90 Å². The first-order valence-corrected chi connectivity index (χ1v) is 8.55. The van der Waals surface area contributed by atoms with E-state index in [4.69, 9.17) is 5.11 Å². The smallest absolute Gasteiger partial charge is 0.317 e. The summed E-state index contributed by atoms with van der Waals surface area (Å²) in [4.78, 5) is 24.7. The Morgan fingerprint density at radius 3 is 2.65 bits per heavy atom. The third-order valence-electron chi connectivity index (χ3n) is 3.93. The van der Waals surface area contributed by atoms with Gasteiger partial charge in [-0.25, -0.2) is 4.79 Å². The predicted octanol–water partition coefficient (Wildman–Crippen LogP) is 2.31. The van der Waals surface area contributed by atoms with Crippen molar-refractivity contribution in [2.45, 2.75) is 62.8 Å². The normalized spacial score (nSPS) is 25.4. The van der Waals surface area contributed by atoms with E-state index in [9.17, 15) is 9.59 Å². The van der Waals surface area contributed by atoms with Crippen LogP contribution in [0.3, 0.4) is 0 Å². The van der Waals surface area contributed by atoms with E-state index < -0.39 is 5.97 Å². The number of urea groups is 1. The first-order valence-electron chi connectivity index (χ1n) is 7.50. The molecule has 0 radical (unpaired) electrons. The largest absolute Gasteiger partial charge is 0.481 e. The molecule has 0 heterocycles. The molecule has 2 aliphatic rings. The Morgan fingerprint density at radius 1 is 1.30 bits per heavy atom. The first-order chi connectivity index (χ1) is 9.60. The monoisotopic (exact) mass is 300 g/mol. The van der Waals surface area contributed by atoms with E-state index in [1.165, 1.54) is 6.42 Å². The molecule has 0 aromatic rings. The van der Waals surface area contributed by atoms with Crippen molar-refractivity contribution in [2.75, 3.05) is 12.3 Å². The second kappa shape index (κ2) is 7.20. The molecular formula is C14H24N2O3S. The number of rotatable bonds is 7. The lowest BCUT2D eigenvalue weighted by atomic mass is 10.2. The third-order valence-corrected chi connectivity index (χ3v) is 5.16. The van der Waals surface area contributed by atoms with Gasteiger partial charge in [0.2, 0.25) is 0 Å². The van der Waals surface area contributed by atoms with Crippen LogP contribution in [0.2, 0.25) is 0 Å². The molecule has 20 heavy (non-hydrogen) atoms. The van der Waals surface area contributed by atoms with Gasteiger partial charge in [0.05, 0.1) is 6.42 Å². The second-order valence-electron chi connectivity index (χ2n) is 5.61. The lowest BCUT2D eigenvalue weighted by molar-refractivity contribution is -0.137. The number of thioether (sulfide) groups is 1. The summed E-state index contributed by atoms with van der Waals surface area (Å²) in [5, 5.41) is 12.5. The van der Waals surface area contributed by atoms with Crippen LogP contribution in [-0.2, 0) is 4.79 Å². The fourth-order valence-corrected chi connectivity index (χ4v) is 3.91. The highest BCUT2D eigenvalue weighted by atomic mass is 32.2. The number of aliphatic carboxylic acids is 1. The van der Waals surface area contributed by atoms with Crippen molar-refractivity contribution in [3.05, 3.63) is 0 Å². The number of carbonyl (C=O) groups excluding carboxylic acids is 1. The van der Waals surface area contributed by atoms with Crippen LogP contribution in [0.15, 0.2) is 0 Å². The van der Waals surface area contributed by atoms with Crippen molar-refractivity contribution in [3.63, 3.8) is 0 Å². The molecule has 2 rings (SSSR count). The van der Waals surface area contributed by atoms with Crippen LogP contribution in [0.25, 0.3) is 0 Å². The maximum atomic E-state index is 12.3. The Kier molecular flexibility index (Phi) is 5.57. The highest BCUT2D eigenvalue weighted by Gasteiger charge is 2.34. The summed E-state index contributed by atoms with van der Waals surface area (Å²) >= 11 is 1.97. The number of hydrogen-bond acceptors (Lipinski definition) is 3. The Balaban J connectivity index is 1.78. The van der Waals surface area contributed by atoms with E-state index in [0.29, 0.717) is 11.8 Å². The van der Waals surface area contributed by atoms with Gasteiger partial charge in [-0.15, -0.1) is 0 Å². The van der Waals surface area contributed by atoms with Gasteiger partial charge in [-0.05, 0) is 37.9 Å². The molecule has 5 nitrogen and oxygen atoms in total. The Hall–Kier alpha value is -0.910. The van der Waals surface area contributed by atoms with Crippen LogP contribution in [0, 0.1) is 0 Å². The minimum absolute atomic E-state index is 0.0307. The number of nitrogens with one attached hydrogen (secondary N) is 1. The summed E-state index contributed by atoms with van der Waals surface area (Å²) in [6.45, 7) is 2.49. The van der Waals surface area contributed by atoms with Gasteiger partial charge in [0, 0.05) is 23.9 Å². The van der Waals surface area contributed by atoms with Crippen LogP contribution in [-0.4, -0.2) is 51.6 Å². The number of amides is 2. The average Bonchev–Trinajstić information content (AvgIpc) is 3.12. The van der Waals surface area contributed by atoms with E-state index >= 15 is 0 Å². The van der Waals surface area contributed by atoms with Crippen LogP contribution in [0.4, 0.5) is 4.79 Å². The summed E-state index contributed by atoms with van der Waals surface area (Å²) < 4.78 is 0. The van der Waals surface area contributed by atoms with E-state index in [1.807, 2.05) is 11.8 Å². The number of carboxylic acids is 1. The SMILES string of the molecule is CCSC1CCC(NC(=O)N(CCC(=O)O)C2CC2)C1. The molecule has 2 unspecified atom stereocenters. The summed E-state index contributed by atoms with van der Waals surface area (Å²) in [7, 11) is 0. The zero-order valence-corrected chi connectivity index (χ0v) is 12.8. The lowest BCUT2D eigenvalue weighted by Crippen LogP contribution is -2.46. The summed E-state index contributed by atoms with van der Waals surface area (Å²) in [6.07, 6.45) is 5.30. The molecular weight excluding hydrogens is 276 g/mol. The lowest BCUT2D eigenvalue weighted by Gasteiger charge is -2.24. The van der Waals surface area contributed by atoms with Gasteiger partial charge in [-0.3, -0.25) is 4.79 Å². The van der Waals surface area contributed by atoms with Crippen molar-refractivity contribution < 1.29 is 14.7 Å². The highest BCUT2D eigenvalue weighted by Crippen LogP contribution is 2.31. The fraction of sp³-hybridized carbons (Fsp3) is 0.857. The number of carboxylic acid groups (broad SMARTS) is 1. The van der Waals surface area contributed by atoms with Crippen molar-refractivity contribution in [3.8, 4) is 0 Å². The molecule has 6 heteroatoms. The maximum Gasteiger partial charge on any atom is 0.317 e. The first kappa shape index (κ1) is 15.5. The summed E-state index contributed by atoms with van der Waals surface area (Å²) in [5.41, 5.74) is 0. The Labute approximate surface area is 124 Å². The standard InChI is InChI=1S/C14H24N2O3S/c1-2-20-12-6-3-10(9-12)15-14(19)16(11-4-5-11)8-7-13(17)18/h10-12H,2-9H2,1H3,(H,15,19)(H,17,18). The van der Waals surface area contributed by atoms with E-state index in [2.05, 4.69) is 12.2 Å². The van der Waals surface area contributed by atoms with E-state index in [0.717, 1.165) is 31.4 Å². The predicted molar refractivity (Wildman–Crippen MR) is 80.1 cm³/mol. The van der Waals surface area contributed by atoms with E-state index in [-0.39, 0.29) is 24.5 Å². The molecule has 0 saturated heterocycles. The van der Waals surface area contributed by atoms with Gasteiger partial charge in [-0.2, -0.15) is 11.8 Å². The quantitative estimate of drug-likeness (QED) is 0.757. The minimum atomic E-state index is -0.844. The van der Waals surface area contributed by atoms with Crippen molar-refractivity contribution >= 4 is 23.8 Å².